The lowest BCUT2D eigenvalue weighted by atomic mass is 10.1. The lowest BCUT2D eigenvalue weighted by molar-refractivity contribution is 0.102. The Bertz CT molecular complexity index is 635. The van der Waals surface area contributed by atoms with E-state index in [0.29, 0.717) is 11.8 Å². The number of ketones is 1. The van der Waals surface area contributed by atoms with Gasteiger partial charge in [-0.1, -0.05) is 60.7 Å². The highest BCUT2D eigenvalue weighted by atomic mass is 32.2. The Kier molecular flexibility index (Phi) is 5.10. The summed E-state index contributed by atoms with van der Waals surface area (Å²) in [6, 6.07) is 8.52. The second kappa shape index (κ2) is 7.24. The van der Waals surface area contributed by atoms with Crippen LogP contribution in [-0.2, 0) is 6.42 Å². The molecule has 0 unspecified atom stereocenters. The van der Waals surface area contributed by atoms with Crippen molar-refractivity contribution in [1.82, 2.24) is 10.2 Å². The molecule has 22 heavy (non-hydrogen) atoms. The summed E-state index contributed by atoms with van der Waals surface area (Å²) in [4.78, 5) is 12.2. The molecule has 116 valence electrons. The summed E-state index contributed by atoms with van der Waals surface area (Å²) >= 11 is 2.99. The Morgan fingerprint density at radius 1 is 1.32 bits per heavy atom. The van der Waals surface area contributed by atoms with Gasteiger partial charge in [0.05, 0.1) is 5.75 Å². The molecular formula is C16H19N3OS2. The van der Waals surface area contributed by atoms with Crippen LogP contribution in [0.5, 0.6) is 0 Å². The third-order valence-electron chi connectivity index (χ3n) is 3.45. The van der Waals surface area contributed by atoms with Crippen LogP contribution in [0.25, 0.3) is 0 Å². The maximum absolute atomic E-state index is 12.2. The van der Waals surface area contributed by atoms with E-state index >= 15 is 0 Å². The van der Waals surface area contributed by atoms with Crippen LogP contribution < -0.4 is 5.32 Å². The molecule has 0 aliphatic heterocycles. The van der Waals surface area contributed by atoms with Gasteiger partial charge in [0.2, 0.25) is 5.13 Å². The average Bonchev–Trinajstić information content (AvgIpc) is 3.23. The van der Waals surface area contributed by atoms with Crippen LogP contribution in [0, 0.1) is 0 Å². The summed E-state index contributed by atoms with van der Waals surface area (Å²) < 4.78 is 0.846. The molecule has 0 bridgehead atoms. The maximum Gasteiger partial charge on any atom is 0.206 e. The maximum atomic E-state index is 12.2. The first-order valence-electron chi connectivity index (χ1n) is 7.59. The monoisotopic (exact) mass is 333 g/mol. The molecule has 1 aromatic heterocycles. The fourth-order valence-electron chi connectivity index (χ4n) is 2.09. The van der Waals surface area contributed by atoms with E-state index in [1.807, 2.05) is 24.3 Å². The molecule has 0 amide bonds. The molecular weight excluding hydrogens is 314 g/mol. The van der Waals surface area contributed by atoms with Gasteiger partial charge in [-0.3, -0.25) is 4.79 Å². The standard InChI is InChI=1S/C16H19N3OS2/c1-2-3-11-4-6-12(7-5-11)14(20)10-21-16-19-18-15(22-16)17-13-8-9-13/h4-7,13H,2-3,8-10H2,1H3,(H,17,18). The summed E-state index contributed by atoms with van der Waals surface area (Å²) in [7, 11) is 0. The van der Waals surface area contributed by atoms with Crippen LogP contribution in [0.2, 0.25) is 0 Å². The SMILES string of the molecule is CCCc1ccc(C(=O)CSc2nnc(NC3CC3)s2)cc1. The van der Waals surface area contributed by atoms with Gasteiger partial charge in [0.15, 0.2) is 10.1 Å². The molecule has 1 aliphatic carbocycles. The number of carbonyl (C=O) groups is 1. The predicted molar refractivity (Wildman–Crippen MR) is 92.0 cm³/mol. The Hall–Kier alpha value is -1.40. The first-order valence-corrected chi connectivity index (χ1v) is 9.40. The van der Waals surface area contributed by atoms with Gasteiger partial charge in [-0.25, -0.2) is 0 Å². The molecule has 0 saturated heterocycles. The third-order valence-corrected chi connectivity index (χ3v) is 5.44. The highest BCUT2D eigenvalue weighted by Gasteiger charge is 2.22. The Morgan fingerprint density at radius 2 is 2.09 bits per heavy atom. The van der Waals surface area contributed by atoms with E-state index < -0.39 is 0 Å². The molecule has 1 fully saturated rings. The van der Waals surface area contributed by atoms with Crippen molar-refractivity contribution >= 4 is 34.0 Å². The summed E-state index contributed by atoms with van der Waals surface area (Å²) in [5, 5.41) is 12.4. The van der Waals surface area contributed by atoms with Crippen molar-refractivity contribution in [2.24, 2.45) is 0 Å². The van der Waals surface area contributed by atoms with Crippen molar-refractivity contribution in [2.75, 3.05) is 11.1 Å². The van der Waals surface area contributed by atoms with E-state index in [-0.39, 0.29) is 5.78 Å². The molecule has 0 spiro atoms. The van der Waals surface area contributed by atoms with Gasteiger partial charge in [0.1, 0.15) is 0 Å². The molecule has 6 heteroatoms. The van der Waals surface area contributed by atoms with Gasteiger partial charge in [0, 0.05) is 11.6 Å². The molecule has 0 atom stereocenters. The quantitative estimate of drug-likeness (QED) is 0.583. The minimum atomic E-state index is 0.139. The van der Waals surface area contributed by atoms with Crippen molar-refractivity contribution in [3.63, 3.8) is 0 Å². The van der Waals surface area contributed by atoms with Gasteiger partial charge in [0.25, 0.3) is 0 Å². The van der Waals surface area contributed by atoms with Crippen molar-refractivity contribution < 1.29 is 4.79 Å². The zero-order valence-corrected chi connectivity index (χ0v) is 14.2. The van der Waals surface area contributed by atoms with Gasteiger partial charge < -0.3 is 5.32 Å². The molecule has 1 N–H and O–H groups in total. The van der Waals surface area contributed by atoms with E-state index in [4.69, 9.17) is 0 Å². The number of nitrogens with zero attached hydrogens (tertiary/aromatic N) is 2. The van der Waals surface area contributed by atoms with E-state index in [1.54, 1.807) is 0 Å². The molecule has 1 saturated carbocycles. The fraction of sp³-hybridized carbons (Fsp3) is 0.438. The number of rotatable bonds is 8. The number of nitrogens with one attached hydrogen (secondary N) is 1. The number of thioether (sulfide) groups is 1. The summed E-state index contributed by atoms with van der Waals surface area (Å²) in [6.07, 6.45) is 4.62. The first-order chi connectivity index (χ1) is 10.7. The molecule has 4 nitrogen and oxygen atoms in total. The predicted octanol–water partition coefficient (Wildman–Crippen LogP) is 4.04. The van der Waals surface area contributed by atoms with Crippen molar-refractivity contribution in [3.05, 3.63) is 35.4 Å². The number of anilines is 1. The number of benzene rings is 1. The minimum absolute atomic E-state index is 0.139. The highest BCUT2D eigenvalue weighted by molar-refractivity contribution is 8.01. The third kappa shape index (κ3) is 4.30. The molecule has 2 aromatic rings. The smallest absolute Gasteiger partial charge is 0.206 e. The number of hydrogen-bond donors (Lipinski definition) is 1. The molecule has 1 aromatic carbocycles. The minimum Gasteiger partial charge on any atom is -0.357 e. The Labute approximate surface area is 138 Å². The highest BCUT2D eigenvalue weighted by Crippen LogP contribution is 2.30. The van der Waals surface area contributed by atoms with Crippen molar-refractivity contribution in [3.8, 4) is 0 Å². The number of Topliss-reactive ketones (excluding diaryl/α,β-unsaturated/α-hetero) is 1. The lowest BCUT2D eigenvalue weighted by Crippen LogP contribution is -2.02. The second-order valence-electron chi connectivity index (χ2n) is 5.45. The Balaban J connectivity index is 1.51. The van der Waals surface area contributed by atoms with Crippen LogP contribution in [0.1, 0.15) is 42.1 Å². The zero-order valence-electron chi connectivity index (χ0n) is 12.5. The van der Waals surface area contributed by atoms with Crippen LogP contribution in [0.4, 0.5) is 5.13 Å². The van der Waals surface area contributed by atoms with E-state index in [1.165, 1.54) is 41.5 Å². The van der Waals surface area contributed by atoms with Gasteiger partial charge in [-0.15, -0.1) is 10.2 Å². The second-order valence-corrected chi connectivity index (χ2v) is 7.65. The van der Waals surface area contributed by atoms with E-state index in [2.05, 4.69) is 22.4 Å². The first kappa shape index (κ1) is 15.5. The number of aromatic nitrogens is 2. The largest absolute Gasteiger partial charge is 0.357 e. The van der Waals surface area contributed by atoms with E-state index in [0.717, 1.165) is 27.9 Å². The Morgan fingerprint density at radius 3 is 2.77 bits per heavy atom. The van der Waals surface area contributed by atoms with Crippen molar-refractivity contribution in [2.45, 2.75) is 43.0 Å². The number of carbonyl (C=O) groups excluding carboxylic acids is 1. The molecule has 1 aliphatic rings. The van der Waals surface area contributed by atoms with Crippen LogP contribution in [-0.4, -0.2) is 27.8 Å². The van der Waals surface area contributed by atoms with Crippen molar-refractivity contribution in [1.29, 1.82) is 0 Å². The van der Waals surface area contributed by atoms with Crippen LogP contribution in [0.15, 0.2) is 28.6 Å². The summed E-state index contributed by atoms with van der Waals surface area (Å²) in [5.41, 5.74) is 2.06. The topological polar surface area (TPSA) is 54.9 Å². The average molecular weight is 333 g/mol. The normalized spacial score (nSPS) is 14.0. The van der Waals surface area contributed by atoms with Crippen LogP contribution in [0.3, 0.4) is 0 Å². The molecule has 0 radical (unpaired) electrons. The number of aryl methyl sites for hydroxylation is 1. The lowest BCUT2D eigenvalue weighted by Gasteiger charge is -2.02. The van der Waals surface area contributed by atoms with Gasteiger partial charge in [-0.2, -0.15) is 0 Å². The number of hydrogen-bond acceptors (Lipinski definition) is 6. The summed E-state index contributed by atoms with van der Waals surface area (Å²) in [5.74, 6) is 0.547. The van der Waals surface area contributed by atoms with E-state index in [9.17, 15) is 4.79 Å². The fourth-order valence-corrected chi connectivity index (χ4v) is 3.81. The summed E-state index contributed by atoms with van der Waals surface area (Å²) in [6.45, 7) is 2.16. The van der Waals surface area contributed by atoms with Gasteiger partial charge in [-0.05, 0) is 24.8 Å². The zero-order chi connectivity index (χ0) is 15.4. The van der Waals surface area contributed by atoms with Crippen LogP contribution >= 0.6 is 23.1 Å². The molecule has 3 rings (SSSR count). The molecule has 1 heterocycles. The van der Waals surface area contributed by atoms with Gasteiger partial charge >= 0.3 is 0 Å².